The number of carbonyl (C=O) groups is 1. The number of aromatic nitrogens is 3. The lowest BCUT2D eigenvalue weighted by Crippen LogP contribution is -2.09. The highest BCUT2D eigenvalue weighted by Crippen LogP contribution is 2.18. The van der Waals surface area contributed by atoms with E-state index in [-0.39, 0.29) is 11.5 Å². The Labute approximate surface area is 108 Å². The van der Waals surface area contributed by atoms with Gasteiger partial charge in [0.05, 0.1) is 13.7 Å². The first-order chi connectivity index (χ1) is 8.63. The average molecular weight is 267 g/mol. The summed E-state index contributed by atoms with van der Waals surface area (Å²) < 4.78 is 5.94. The van der Waals surface area contributed by atoms with Crippen molar-refractivity contribution in [3.63, 3.8) is 0 Å². The Kier molecular flexibility index (Phi) is 3.47. The molecule has 0 aliphatic carbocycles. The Morgan fingerprint density at radius 1 is 1.50 bits per heavy atom. The molecule has 7 heteroatoms. The van der Waals surface area contributed by atoms with Crippen LogP contribution in [0.1, 0.15) is 16.1 Å². The van der Waals surface area contributed by atoms with Crippen LogP contribution in [0, 0.1) is 0 Å². The second kappa shape index (κ2) is 5.05. The Morgan fingerprint density at radius 2 is 2.22 bits per heavy atom. The van der Waals surface area contributed by atoms with Crippen molar-refractivity contribution in [1.29, 1.82) is 0 Å². The van der Waals surface area contributed by atoms with E-state index in [0.717, 1.165) is 5.56 Å². The Hall–Kier alpha value is -2.08. The van der Waals surface area contributed by atoms with Crippen molar-refractivity contribution in [2.75, 3.05) is 12.8 Å². The number of hydrogen-bond acceptors (Lipinski definition) is 5. The van der Waals surface area contributed by atoms with E-state index in [1.165, 1.54) is 11.8 Å². The molecule has 0 aliphatic heterocycles. The molecule has 1 aromatic heterocycles. The molecule has 0 saturated carbocycles. The summed E-state index contributed by atoms with van der Waals surface area (Å²) >= 11 is 6.03. The molecule has 0 fully saturated rings. The lowest BCUT2D eigenvalue weighted by atomic mass is 10.2. The molecule has 2 rings (SSSR count). The third kappa shape index (κ3) is 2.28. The van der Waals surface area contributed by atoms with Gasteiger partial charge in [-0.15, -0.1) is 5.10 Å². The summed E-state index contributed by atoms with van der Waals surface area (Å²) in [6.07, 6.45) is 0. The summed E-state index contributed by atoms with van der Waals surface area (Å²) in [6, 6.07) is 7.30. The minimum Gasteiger partial charge on any atom is -0.464 e. The van der Waals surface area contributed by atoms with E-state index in [1.54, 1.807) is 6.07 Å². The largest absolute Gasteiger partial charge is 0.464 e. The van der Waals surface area contributed by atoms with Crippen LogP contribution in [0.3, 0.4) is 0 Å². The molecule has 6 nitrogen and oxygen atoms in total. The summed E-state index contributed by atoms with van der Waals surface area (Å²) in [5.41, 5.74) is 6.62. The van der Waals surface area contributed by atoms with Gasteiger partial charge in [0.25, 0.3) is 0 Å². The highest BCUT2D eigenvalue weighted by molar-refractivity contribution is 6.31. The second-order valence-electron chi connectivity index (χ2n) is 3.56. The number of carbonyl (C=O) groups excluding carboxylic acids is 1. The lowest BCUT2D eigenvalue weighted by Gasteiger charge is -2.05. The van der Waals surface area contributed by atoms with Crippen LogP contribution >= 0.6 is 11.6 Å². The normalized spacial score (nSPS) is 10.3. The van der Waals surface area contributed by atoms with Crippen LogP contribution < -0.4 is 5.73 Å². The van der Waals surface area contributed by atoms with Crippen LogP contribution in [0.5, 0.6) is 0 Å². The first kappa shape index (κ1) is 12.4. The molecular formula is C11H11ClN4O2. The van der Waals surface area contributed by atoms with Gasteiger partial charge < -0.3 is 10.5 Å². The summed E-state index contributed by atoms with van der Waals surface area (Å²) in [7, 11) is 1.26. The maximum atomic E-state index is 11.3. The predicted octanol–water partition coefficient (Wildman–Crippen LogP) is 1.35. The molecule has 0 bridgehead atoms. The molecule has 0 atom stereocenters. The minimum atomic E-state index is -0.613. The number of nitrogens with two attached hydrogens (primary N) is 1. The van der Waals surface area contributed by atoms with Gasteiger partial charge in [0.1, 0.15) is 0 Å². The standard InChI is InChI=1S/C11H11ClN4O2/c1-18-11(17)9-10(13)16(15-14-9)6-7-4-2-3-5-8(7)12/h2-5H,6,13H2,1H3. The second-order valence-corrected chi connectivity index (χ2v) is 3.97. The molecule has 0 radical (unpaired) electrons. The third-order valence-corrected chi connectivity index (χ3v) is 2.80. The minimum absolute atomic E-state index is 0.00422. The Balaban J connectivity index is 2.29. The topological polar surface area (TPSA) is 83.0 Å². The van der Waals surface area contributed by atoms with Gasteiger partial charge in [-0.2, -0.15) is 0 Å². The number of nitrogens with zero attached hydrogens (tertiary/aromatic N) is 3. The van der Waals surface area contributed by atoms with Gasteiger partial charge in [-0.1, -0.05) is 35.0 Å². The maximum Gasteiger partial charge on any atom is 0.362 e. The van der Waals surface area contributed by atoms with E-state index in [4.69, 9.17) is 17.3 Å². The van der Waals surface area contributed by atoms with Gasteiger partial charge in [0.2, 0.25) is 5.69 Å². The average Bonchev–Trinajstić information content (AvgIpc) is 2.73. The molecule has 1 heterocycles. The first-order valence-electron chi connectivity index (χ1n) is 5.14. The number of ether oxygens (including phenoxy) is 1. The van der Waals surface area contributed by atoms with Gasteiger partial charge >= 0.3 is 5.97 Å². The van der Waals surface area contributed by atoms with Crippen molar-refractivity contribution in [2.24, 2.45) is 0 Å². The molecule has 2 aromatic rings. The number of rotatable bonds is 3. The number of halogens is 1. The summed E-state index contributed by atoms with van der Waals surface area (Å²) in [4.78, 5) is 11.3. The molecule has 1 aromatic carbocycles. The van der Waals surface area contributed by atoms with Crippen molar-refractivity contribution in [2.45, 2.75) is 6.54 Å². The van der Waals surface area contributed by atoms with Gasteiger partial charge in [0, 0.05) is 5.02 Å². The van der Waals surface area contributed by atoms with Crippen LogP contribution in [0.2, 0.25) is 5.02 Å². The van der Waals surface area contributed by atoms with E-state index in [0.29, 0.717) is 11.6 Å². The molecule has 0 saturated heterocycles. The predicted molar refractivity (Wildman–Crippen MR) is 66.3 cm³/mol. The van der Waals surface area contributed by atoms with Crippen LogP contribution in [-0.2, 0) is 11.3 Å². The maximum absolute atomic E-state index is 11.3. The zero-order valence-electron chi connectivity index (χ0n) is 9.63. The monoisotopic (exact) mass is 266 g/mol. The lowest BCUT2D eigenvalue weighted by molar-refractivity contribution is 0.0595. The smallest absolute Gasteiger partial charge is 0.362 e. The molecule has 0 spiro atoms. The van der Waals surface area contributed by atoms with E-state index >= 15 is 0 Å². The zero-order chi connectivity index (χ0) is 13.1. The number of methoxy groups -OCH3 is 1. The van der Waals surface area contributed by atoms with Gasteiger partial charge in [-0.05, 0) is 11.6 Å². The van der Waals surface area contributed by atoms with E-state index in [2.05, 4.69) is 15.0 Å². The van der Waals surface area contributed by atoms with E-state index < -0.39 is 5.97 Å². The van der Waals surface area contributed by atoms with Crippen molar-refractivity contribution in [3.05, 3.63) is 40.5 Å². The summed E-state index contributed by atoms with van der Waals surface area (Å²) in [5, 5.41) is 8.09. The van der Waals surface area contributed by atoms with E-state index in [1.807, 2.05) is 18.2 Å². The van der Waals surface area contributed by atoms with Crippen molar-refractivity contribution < 1.29 is 9.53 Å². The van der Waals surface area contributed by atoms with Crippen molar-refractivity contribution >= 4 is 23.4 Å². The highest BCUT2D eigenvalue weighted by Gasteiger charge is 2.18. The number of nitrogen functional groups attached to an aromatic ring is 1. The fraction of sp³-hybridized carbons (Fsp3) is 0.182. The van der Waals surface area contributed by atoms with Crippen LogP contribution in [0.15, 0.2) is 24.3 Å². The molecule has 0 amide bonds. The van der Waals surface area contributed by atoms with Gasteiger partial charge in [-0.3, -0.25) is 0 Å². The Bertz CT molecular complexity index is 582. The molecule has 18 heavy (non-hydrogen) atoms. The third-order valence-electron chi connectivity index (χ3n) is 2.43. The van der Waals surface area contributed by atoms with Crippen LogP contribution in [0.25, 0.3) is 0 Å². The first-order valence-corrected chi connectivity index (χ1v) is 5.52. The molecule has 0 unspecified atom stereocenters. The molecular weight excluding hydrogens is 256 g/mol. The number of hydrogen-bond donors (Lipinski definition) is 1. The van der Waals surface area contributed by atoms with Crippen LogP contribution in [0.4, 0.5) is 5.82 Å². The number of benzene rings is 1. The number of anilines is 1. The fourth-order valence-electron chi connectivity index (χ4n) is 1.47. The van der Waals surface area contributed by atoms with Crippen LogP contribution in [-0.4, -0.2) is 28.1 Å². The Morgan fingerprint density at radius 3 is 2.89 bits per heavy atom. The number of esters is 1. The molecule has 2 N–H and O–H groups in total. The van der Waals surface area contributed by atoms with E-state index in [9.17, 15) is 4.79 Å². The van der Waals surface area contributed by atoms with Crippen molar-refractivity contribution in [1.82, 2.24) is 15.0 Å². The summed E-state index contributed by atoms with van der Waals surface area (Å²) in [6.45, 7) is 0.343. The summed E-state index contributed by atoms with van der Waals surface area (Å²) in [5.74, 6) is -0.459. The van der Waals surface area contributed by atoms with Gasteiger partial charge in [0.15, 0.2) is 5.82 Å². The fourth-order valence-corrected chi connectivity index (χ4v) is 1.66. The zero-order valence-corrected chi connectivity index (χ0v) is 10.4. The van der Waals surface area contributed by atoms with Gasteiger partial charge in [-0.25, -0.2) is 9.48 Å². The quantitative estimate of drug-likeness (QED) is 0.848. The SMILES string of the molecule is COC(=O)c1nnn(Cc2ccccc2Cl)c1N. The molecule has 94 valence electrons. The highest BCUT2D eigenvalue weighted by atomic mass is 35.5. The molecule has 0 aliphatic rings. The van der Waals surface area contributed by atoms with Crippen molar-refractivity contribution in [3.8, 4) is 0 Å².